The highest BCUT2D eigenvalue weighted by atomic mass is 16.2. The highest BCUT2D eigenvalue weighted by Crippen LogP contribution is 2.39. The van der Waals surface area contributed by atoms with E-state index in [4.69, 9.17) is 5.73 Å². The minimum absolute atomic E-state index is 0.0961. The smallest absolute Gasteiger partial charge is 0.255 e. The molecule has 29 heavy (non-hydrogen) atoms. The standard InChI is InChI=1S/C22H28N4O3/c23-10-14-7-16-3-4-17(8-14)25(16)11-13-1-2-15-12-26(22(29)18(15)9-13)19-5-6-20(27)24-21(19)28/h1-2,9,14,16-17,19H,3-8,10-12,23H2,(H,24,27,28)/t14?,16-,17+,19?. The van der Waals surface area contributed by atoms with Crippen molar-refractivity contribution in [3.8, 4) is 0 Å². The maximum absolute atomic E-state index is 13.0. The van der Waals surface area contributed by atoms with Gasteiger partial charge in [-0.2, -0.15) is 0 Å². The van der Waals surface area contributed by atoms with Crippen molar-refractivity contribution in [3.63, 3.8) is 0 Å². The number of benzene rings is 1. The van der Waals surface area contributed by atoms with Gasteiger partial charge in [0.15, 0.2) is 0 Å². The fourth-order valence-corrected chi connectivity index (χ4v) is 5.75. The molecule has 4 atom stereocenters. The number of amides is 3. The summed E-state index contributed by atoms with van der Waals surface area (Å²) in [6, 6.07) is 6.81. The van der Waals surface area contributed by atoms with E-state index in [0.29, 0.717) is 36.5 Å². The number of nitrogens with zero attached hydrogens (tertiary/aromatic N) is 2. The largest absolute Gasteiger partial charge is 0.330 e. The van der Waals surface area contributed by atoms with Gasteiger partial charge in [-0.05, 0) is 61.8 Å². The Hall–Kier alpha value is -2.25. The second-order valence-electron chi connectivity index (χ2n) is 9.02. The lowest BCUT2D eigenvalue weighted by Gasteiger charge is -2.38. The van der Waals surface area contributed by atoms with Crippen LogP contribution in [0.5, 0.6) is 0 Å². The van der Waals surface area contributed by atoms with Crippen molar-refractivity contribution >= 4 is 17.7 Å². The average molecular weight is 396 g/mol. The number of piperidine rings is 2. The van der Waals surface area contributed by atoms with Crippen molar-refractivity contribution in [2.45, 2.75) is 69.7 Å². The lowest BCUT2D eigenvalue weighted by molar-refractivity contribution is -0.136. The van der Waals surface area contributed by atoms with E-state index in [1.165, 1.54) is 25.7 Å². The summed E-state index contributed by atoms with van der Waals surface area (Å²) in [6.07, 6.45) is 5.53. The molecule has 1 aromatic rings. The summed E-state index contributed by atoms with van der Waals surface area (Å²) in [6.45, 7) is 2.09. The first kappa shape index (κ1) is 18.8. The fourth-order valence-electron chi connectivity index (χ4n) is 5.75. The van der Waals surface area contributed by atoms with Crippen LogP contribution in [-0.4, -0.2) is 52.2 Å². The van der Waals surface area contributed by atoms with Crippen LogP contribution in [0, 0.1) is 5.92 Å². The normalized spacial score (nSPS) is 31.9. The molecule has 3 fully saturated rings. The van der Waals surface area contributed by atoms with E-state index in [-0.39, 0.29) is 24.1 Å². The third-order valence-corrected chi connectivity index (χ3v) is 7.27. The van der Waals surface area contributed by atoms with Crippen LogP contribution in [0.4, 0.5) is 0 Å². The van der Waals surface area contributed by atoms with E-state index >= 15 is 0 Å². The molecule has 2 bridgehead atoms. The number of nitrogens with one attached hydrogen (secondary N) is 1. The van der Waals surface area contributed by atoms with Crippen molar-refractivity contribution < 1.29 is 14.4 Å². The molecule has 4 heterocycles. The van der Waals surface area contributed by atoms with Crippen molar-refractivity contribution in [1.29, 1.82) is 0 Å². The van der Waals surface area contributed by atoms with E-state index in [1.807, 2.05) is 12.1 Å². The molecule has 2 unspecified atom stereocenters. The van der Waals surface area contributed by atoms with E-state index < -0.39 is 6.04 Å². The van der Waals surface area contributed by atoms with E-state index in [9.17, 15) is 14.4 Å². The van der Waals surface area contributed by atoms with Crippen LogP contribution in [0.15, 0.2) is 18.2 Å². The molecule has 7 nitrogen and oxygen atoms in total. The van der Waals surface area contributed by atoms with E-state index in [2.05, 4.69) is 16.3 Å². The number of hydrogen-bond donors (Lipinski definition) is 2. The number of rotatable bonds is 4. The summed E-state index contributed by atoms with van der Waals surface area (Å²) in [4.78, 5) is 40.9. The van der Waals surface area contributed by atoms with Crippen LogP contribution in [-0.2, 0) is 22.7 Å². The zero-order valence-corrected chi connectivity index (χ0v) is 16.6. The molecule has 3 N–H and O–H groups in total. The third kappa shape index (κ3) is 3.26. The Morgan fingerprint density at radius 2 is 1.83 bits per heavy atom. The molecule has 0 saturated carbocycles. The highest BCUT2D eigenvalue weighted by molar-refractivity contribution is 6.05. The Balaban J connectivity index is 1.31. The lowest BCUT2D eigenvalue weighted by Crippen LogP contribution is -2.52. The number of nitrogens with two attached hydrogens (primary N) is 1. The molecular weight excluding hydrogens is 368 g/mol. The molecule has 0 aromatic heterocycles. The zero-order valence-electron chi connectivity index (χ0n) is 16.6. The van der Waals surface area contributed by atoms with Crippen molar-refractivity contribution in [2.75, 3.05) is 6.54 Å². The fraction of sp³-hybridized carbons (Fsp3) is 0.591. The number of imide groups is 1. The molecular formula is C22H28N4O3. The molecule has 0 aliphatic carbocycles. The quantitative estimate of drug-likeness (QED) is 0.745. The van der Waals surface area contributed by atoms with E-state index in [1.54, 1.807) is 4.90 Å². The predicted molar refractivity (Wildman–Crippen MR) is 107 cm³/mol. The summed E-state index contributed by atoms with van der Waals surface area (Å²) in [7, 11) is 0. The molecule has 0 radical (unpaired) electrons. The van der Waals surface area contributed by atoms with Gasteiger partial charge in [-0.3, -0.25) is 24.6 Å². The maximum atomic E-state index is 13.0. The highest BCUT2D eigenvalue weighted by Gasteiger charge is 2.41. The van der Waals surface area contributed by atoms with Crippen molar-refractivity contribution in [2.24, 2.45) is 11.7 Å². The van der Waals surface area contributed by atoms with Crippen LogP contribution in [0.3, 0.4) is 0 Å². The third-order valence-electron chi connectivity index (χ3n) is 7.27. The Morgan fingerprint density at radius 1 is 1.07 bits per heavy atom. The lowest BCUT2D eigenvalue weighted by atomic mass is 9.90. The first-order chi connectivity index (χ1) is 14.0. The number of fused-ring (bicyclic) bond motifs is 3. The minimum Gasteiger partial charge on any atom is -0.330 e. The van der Waals surface area contributed by atoms with Gasteiger partial charge in [0.25, 0.3) is 5.91 Å². The van der Waals surface area contributed by atoms with Crippen molar-refractivity contribution in [3.05, 3.63) is 34.9 Å². The predicted octanol–water partition coefficient (Wildman–Crippen LogP) is 1.15. The summed E-state index contributed by atoms with van der Waals surface area (Å²) in [5, 5.41) is 2.36. The second-order valence-corrected chi connectivity index (χ2v) is 9.02. The Morgan fingerprint density at radius 3 is 2.52 bits per heavy atom. The van der Waals surface area contributed by atoms with E-state index in [0.717, 1.165) is 24.2 Å². The van der Waals surface area contributed by atoms with Gasteiger partial charge < -0.3 is 10.6 Å². The van der Waals surface area contributed by atoms with Gasteiger partial charge >= 0.3 is 0 Å². The molecule has 154 valence electrons. The summed E-state index contributed by atoms with van der Waals surface area (Å²) in [5.74, 6) is -0.0682. The average Bonchev–Trinajstić information content (AvgIpc) is 3.13. The molecule has 1 aromatic carbocycles. The van der Waals surface area contributed by atoms with Gasteiger partial charge in [-0.15, -0.1) is 0 Å². The summed E-state index contributed by atoms with van der Waals surface area (Å²) in [5.41, 5.74) is 8.74. The maximum Gasteiger partial charge on any atom is 0.255 e. The second kappa shape index (κ2) is 7.22. The summed E-state index contributed by atoms with van der Waals surface area (Å²) < 4.78 is 0. The van der Waals surface area contributed by atoms with Crippen LogP contribution >= 0.6 is 0 Å². The number of carbonyl (C=O) groups excluding carboxylic acids is 3. The molecule has 0 spiro atoms. The Bertz CT molecular complexity index is 856. The molecule has 5 rings (SSSR count). The minimum atomic E-state index is -0.554. The number of carbonyl (C=O) groups is 3. The molecule has 4 aliphatic rings. The van der Waals surface area contributed by atoms with Gasteiger partial charge in [0.05, 0.1) is 0 Å². The van der Waals surface area contributed by atoms with Gasteiger partial charge in [-0.25, -0.2) is 0 Å². The topological polar surface area (TPSA) is 95.7 Å². The Labute approximate surface area is 170 Å². The molecule has 3 saturated heterocycles. The SMILES string of the molecule is NCC1C[C@H]2CC[C@@H](C1)N2Cc1ccc2c(c1)C(=O)N(C1CCC(=O)NC1=O)C2. The van der Waals surface area contributed by atoms with Gasteiger partial charge in [0, 0.05) is 37.2 Å². The molecule has 3 amide bonds. The van der Waals surface area contributed by atoms with Gasteiger partial charge in [0.1, 0.15) is 6.04 Å². The zero-order chi connectivity index (χ0) is 20.1. The van der Waals surface area contributed by atoms with Crippen LogP contribution in [0.25, 0.3) is 0 Å². The first-order valence-electron chi connectivity index (χ1n) is 10.8. The Kier molecular flexibility index (Phi) is 4.67. The molecule has 7 heteroatoms. The van der Waals surface area contributed by atoms with Crippen molar-refractivity contribution in [1.82, 2.24) is 15.1 Å². The van der Waals surface area contributed by atoms with Gasteiger partial charge in [0.2, 0.25) is 11.8 Å². The number of hydrogen-bond acceptors (Lipinski definition) is 5. The van der Waals surface area contributed by atoms with Crippen LogP contribution < -0.4 is 11.1 Å². The first-order valence-corrected chi connectivity index (χ1v) is 10.8. The van der Waals surface area contributed by atoms with Crippen LogP contribution in [0.2, 0.25) is 0 Å². The monoisotopic (exact) mass is 396 g/mol. The summed E-state index contributed by atoms with van der Waals surface area (Å²) >= 11 is 0. The van der Waals surface area contributed by atoms with Gasteiger partial charge in [-0.1, -0.05) is 12.1 Å². The molecule has 4 aliphatic heterocycles. The van der Waals surface area contributed by atoms with Crippen LogP contribution in [0.1, 0.15) is 60.0 Å².